The highest BCUT2D eigenvalue weighted by atomic mass is 32.1. The van der Waals surface area contributed by atoms with Gasteiger partial charge in [-0.3, -0.25) is 19.5 Å². The number of aliphatic hydroxyl groups is 1. The molecular formula is C64H76N12O8S. The van der Waals surface area contributed by atoms with Crippen LogP contribution in [0.25, 0.3) is 43.4 Å². The van der Waals surface area contributed by atoms with E-state index in [1.54, 1.807) is 34.4 Å². The number of aliphatic hydroxyl groups excluding tert-OH is 1. The number of likely N-dealkylation sites (tertiary alicyclic amines) is 1. The minimum atomic E-state index is -0.854. The van der Waals surface area contributed by atoms with Crippen molar-refractivity contribution in [1.29, 1.82) is 0 Å². The predicted octanol–water partition coefficient (Wildman–Crippen LogP) is 8.39. The highest BCUT2D eigenvalue weighted by Crippen LogP contribution is 2.44. The van der Waals surface area contributed by atoms with Crippen molar-refractivity contribution in [2.75, 3.05) is 75.4 Å². The first-order valence-corrected chi connectivity index (χ1v) is 31.3. The predicted molar refractivity (Wildman–Crippen MR) is 325 cm³/mol. The van der Waals surface area contributed by atoms with Crippen LogP contribution < -0.4 is 25.2 Å². The molecule has 0 spiro atoms. The van der Waals surface area contributed by atoms with E-state index in [-0.39, 0.29) is 66.8 Å². The van der Waals surface area contributed by atoms with E-state index in [0.717, 1.165) is 125 Å². The van der Waals surface area contributed by atoms with Crippen molar-refractivity contribution < 1.29 is 38.6 Å². The first kappa shape index (κ1) is 56.7. The third-order valence-corrected chi connectivity index (χ3v) is 19.9. The van der Waals surface area contributed by atoms with Gasteiger partial charge in [0.15, 0.2) is 11.6 Å². The summed E-state index contributed by atoms with van der Waals surface area (Å²) in [4.78, 5) is 73.0. The second kappa shape index (κ2) is 23.4. The van der Waals surface area contributed by atoms with E-state index in [2.05, 4.69) is 43.6 Å². The number of phenols is 1. The zero-order chi connectivity index (χ0) is 58.7. The summed E-state index contributed by atoms with van der Waals surface area (Å²) >= 11 is 1.59. The van der Waals surface area contributed by atoms with Gasteiger partial charge in [-0.2, -0.15) is 9.97 Å². The second-order valence-electron chi connectivity index (χ2n) is 24.7. The second-order valence-corrected chi connectivity index (χ2v) is 25.6. The number of pyridine rings is 1. The minimum absolute atomic E-state index is 0.0347. The molecule has 0 radical (unpaired) electrons. The molecule has 3 amide bonds. The summed E-state index contributed by atoms with van der Waals surface area (Å²) in [5.74, 6) is 0.388. The van der Waals surface area contributed by atoms with Crippen LogP contribution in [0.4, 0.5) is 16.4 Å². The molecule has 6 aliphatic heterocycles. The molecule has 10 heterocycles. The molecule has 446 valence electrons. The number of benzene rings is 3. The Hall–Kier alpha value is -7.46. The van der Waals surface area contributed by atoms with E-state index in [0.29, 0.717) is 62.5 Å². The molecule has 4 aromatic heterocycles. The number of hydrogen-bond donors (Lipinski definition) is 4. The van der Waals surface area contributed by atoms with Crippen molar-refractivity contribution in [3.8, 4) is 33.5 Å². The summed E-state index contributed by atoms with van der Waals surface area (Å²) in [5, 5.41) is 35.9. The number of carbonyl (C=O) groups excluding carboxylic acids is 3. The average molecular weight is 1170 g/mol. The monoisotopic (exact) mass is 1170 g/mol. The van der Waals surface area contributed by atoms with Crippen molar-refractivity contribution in [2.45, 2.75) is 134 Å². The molecule has 8 atom stereocenters. The lowest BCUT2D eigenvalue weighted by Crippen LogP contribution is -2.51. The maximum Gasteiger partial charge on any atom is 0.409 e. The number of phenolic OH excluding ortho intramolecular Hbond substituents is 1. The van der Waals surface area contributed by atoms with Gasteiger partial charge in [0.25, 0.3) is 0 Å². The summed E-state index contributed by atoms with van der Waals surface area (Å²) in [6, 6.07) is 21.6. The Kier molecular flexibility index (Phi) is 15.6. The molecule has 4 N–H and O–H groups in total. The molecule has 0 saturated carbocycles. The zero-order valence-electron chi connectivity index (χ0n) is 49.1. The maximum absolute atomic E-state index is 14.5. The van der Waals surface area contributed by atoms with E-state index in [1.165, 1.54) is 10.5 Å². The minimum Gasteiger partial charge on any atom is -0.508 e. The molecule has 13 rings (SSSR count). The Bertz CT molecular complexity index is 3610. The SMILES string of the molecule is CCc1cccc2cc(O)cc(-c3cc4nc(OC[C@]56CCCN5[C@H](COC(=O)N5CCN(c7cc([C@H](C(=O)N8C[C@H](O)C[C@H]8C(=O)N[C@@H](C)c8ccc(-c9scnc9C)cc8)C(C)C)on7)CC5)CC6)nc(N5CC6CCC(C5)N6)c4cn3)c12. The number of aromatic hydroxyl groups is 1. The van der Waals surface area contributed by atoms with E-state index in [1.807, 2.05) is 86.8 Å². The van der Waals surface area contributed by atoms with Gasteiger partial charge in [0, 0.05) is 88.2 Å². The molecule has 2 bridgehead atoms. The Morgan fingerprint density at radius 1 is 0.918 bits per heavy atom. The normalized spacial score (nSPS) is 24.0. The number of hydrogen-bond acceptors (Lipinski definition) is 18. The van der Waals surface area contributed by atoms with Gasteiger partial charge in [0.1, 0.15) is 36.7 Å². The topological polar surface area (TPSA) is 228 Å². The summed E-state index contributed by atoms with van der Waals surface area (Å²) in [7, 11) is 0. The lowest BCUT2D eigenvalue weighted by Gasteiger charge is -2.36. The highest BCUT2D eigenvalue weighted by Gasteiger charge is 2.51. The largest absolute Gasteiger partial charge is 0.508 e. The Morgan fingerprint density at radius 3 is 2.47 bits per heavy atom. The molecule has 2 unspecified atom stereocenters. The molecule has 0 aliphatic carbocycles. The number of thiazole rings is 1. The summed E-state index contributed by atoms with van der Waals surface area (Å²) in [6.45, 7) is 15.0. The van der Waals surface area contributed by atoms with Crippen LogP contribution >= 0.6 is 11.3 Å². The Labute approximate surface area is 498 Å². The quantitative estimate of drug-likeness (QED) is 0.0712. The third kappa shape index (κ3) is 11.1. The van der Waals surface area contributed by atoms with Gasteiger partial charge in [-0.25, -0.2) is 9.78 Å². The fourth-order valence-corrected chi connectivity index (χ4v) is 15.3. The van der Waals surface area contributed by atoms with Crippen molar-refractivity contribution in [3.63, 3.8) is 0 Å². The highest BCUT2D eigenvalue weighted by molar-refractivity contribution is 7.13. The summed E-state index contributed by atoms with van der Waals surface area (Å²) in [6.07, 6.45) is 7.66. The van der Waals surface area contributed by atoms with E-state index >= 15 is 0 Å². The number of aromatic nitrogens is 5. The van der Waals surface area contributed by atoms with Crippen LogP contribution in [-0.2, 0) is 20.7 Å². The molecule has 6 fully saturated rings. The number of aryl methyl sites for hydroxylation is 2. The van der Waals surface area contributed by atoms with Crippen molar-refractivity contribution in [1.82, 2.24) is 50.4 Å². The van der Waals surface area contributed by atoms with Crippen LogP contribution in [0.3, 0.4) is 0 Å². The average Bonchev–Trinajstić information content (AvgIpc) is 4.24. The van der Waals surface area contributed by atoms with Gasteiger partial charge in [0.2, 0.25) is 11.8 Å². The van der Waals surface area contributed by atoms with Crippen LogP contribution in [0, 0.1) is 12.8 Å². The van der Waals surface area contributed by atoms with Gasteiger partial charge in [-0.15, -0.1) is 11.3 Å². The Morgan fingerprint density at radius 2 is 1.72 bits per heavy atom. The van der Waals surface area contributed by atoms with Crippen LogP contribution in [0.15, 0.2) is 83.0 Å². The lowest BCUT2D eigenvalue weighted by atomic mass is 9.91. The number of carbonyl (C=O) groups is 3. The van der Waals surface area contributed by atoms with Crippen LogP contribution in [-0.4, -0.2) is 169 Å². The first-order valence-electron chi connectivity index (χ1n) is 30.4. The molecule has 7 aromatic rings. The molecule has 6 aliphatic rings. The molecule has 6 saturated heterocycles. The standard InChI is InChI=1S/C64H76N12O8S/c1-6-40-9-7-10-43-25-47(77)26-49(57(40)43)51-28-52-50(30-65-51)59(74-31-44-15-16-45(32-74)68-44)70-62(69-52)83-35-64-18-8-20-76(64)46(17-19-64)34-82-63(81)73-23-21-72(22-24-73)55-29-54(84-71-55)56(37(2)3)61(80)75-33-48(78)27-53(75)60(79)67-38(4)41-11-13-42(14-12-41)58-39(5)66-36-85-58/h7,9-14,25-26,28-30,36-38,44-46,48,53,56,68,77-78H,6,8,15-24,27,31-35H2,1-5H3,(H,67,79)/t38-,44?,45?,46-,48+,53-,56+,64+/m0/s1. The maximum atomic E-state index is 14.5. The number of piperazine rings is 2. The number of ether oxygens (including phenoxy) is 2. The first-order chi connectivity index (χ1) is 41.2. The van der Waals surface area contributed by atoms with E-state index < -0.39 is 18.1 Å². The van der Waals surface area contributed by atoms with Crippen molar-refractivity contribution in [3.05, 3.63) is 101 Å². The van der Waals surface area contributed by atoms with Gasteiger partial charge < -0.3 is 54.4 Å². The third-order valence-electron chi connectivity index (χ3n) is 18.9. The number of β-amino-alcohol motifs (C(OH)–C–C–N with tert-alkyl or cyclic N) is 1. The summed E-state index contributed by atoms with van der Waals surface area (Å²) < 4.78 is 18.8. The molecular weight excluding hydrogens is 1100 g/mol. The van der Waals surface area contributed by atoms with Crippen molar-refractivity contribution >= 4 is 62.6 Å². The van der Waals surface area contributed by atoms with Gasteiger partial charge in [0.05, 0.1) is 50.4 Å². The van der Waals surface area contributed by atoms with Gasteiger partial charge in [-0.05, 0) is 117 Å². The smallest absolute Gasteiger partial charge is 0.409 e. The number of nitrogens with one attached hydrogen (secondary N) is 2. The number of rotatable bonds is 16. The Balaban J connectivity index is 0.627. The van der Waals surface area contributed by atoms with Crippen LogP contribution in [0.2, 0.25) is 0 Å². The molecule has 21 heteroatoms. The number of amides is 3. The van der Waals surface area contributed by atoms with E-state index in [9.17, 15) is 24.6 Å². The fraction of sp³-hybridized carbons (Fsp3) is 0.500. The van der Waals surface area contributed by atoms with Gasteiger partial charge >= 0.3 is 12.1 Å². The number of nitrogens with zero attached hydrogens (tertiary/aromatic N) is 10. The lowest BCUT2D eigenvalue weighted by molar-refractivity contribution is -0.141. The van der Waals surface area contributed by atoms with E-state index in [4.69, 9.17) is 28.9 Å². The summed E-state index contributed by atoms with van der Waals surface area (Å²) in [5.41, 5.74) is 8.04. The van der Waals surface area contributed by atoms with Gasteiger partial charge in [-0.1, -0.05) is 68.4 Å². The fourth-order valence-electron chi connectivity index (χ4n) is 14.5. The van der Waals surface area contributed by atoms with Crippen molar-refractivity contribution in [2.24, 2.45) is 5.92 Å². The molecule has 3 aromatic carbocycles. The number of anilines is 2. The molecule has 20 nitrogen and oxygen atoms in total. The van der Waals surface area contributed by atoms with Crippen LogP contribution in [0.1, 0.15) is 107 Å². The molecule has 85 heavy (non-hydrogen) atoms. The van der Waals surface area contributed by atoms with Crippen LogP contribution in [0.5, 0.6) is 11.8 Å². The number of fused-ring (bicyclic) bond motifs is 5. The zero-order valence-corrected chi connectivity index (χ0v) is 49.9.